The summed E-state index contributed by atoms with van der Waals surface area (Å²) in [5, 5.41) is 16.6. The van der Waals surface area contributed by atoms with Crippen molar-refractivity contribution in [1.29, 1.82) is 0 Å². The monoisotopic (exact) mass is 375 g/mol. The molecule has 0 saturated heterocycles. The molecule has 138 valence electrons. The van der Waals surface area contributed by atoms with E-state index in [0.29, 0.717) is 10.8 Å². The lowest BCUT2D eigenvalue weighted by Crippen LogP contribution is -2.43. The molecule has 8 heteroatoms. The zero-order chi connectivity index (χ0) is 19.1. The molecule has 0 aliphatic carbocycles. The van der Waals surface area contributed by atoms with Crippen molar-refractivity contribution in [2.24, 2.45) is 5.92 Å². The first-order chi connectivity index (χ1) is 12.3. The molecule has 7 nitrogen and oxygen atoms in total. The maximum Gasteiger partial charge on any atom is 0.326 e. The van der Waals surface area contributed by atoms with Crippen LogP contribution in [0.1, 0.15) is 25.1 Å². The van der Waals surface area contributed by atoms with Gasteiger partial charge in [0.2, 0.25) is 11.8 Å². The van der Waals surface area contributed by atoms with Gasteiger partial charge < -0.3 is 15.7 Å². The molecule has 0 aliphatic heterocycles. The largest absolute Gasteiger partial charge is 0.480 e. The van der Waals surface area contributed by atoms with Crippen molar-refractivity contribution in [3.63, 3.8) is 0 Å². The summed E-state index contributed by atoms with van der Waals surface area (Å²) in [6.07, 6.45) is 0.154. The Morgan fingerprint density at radius 2 is 1.88 bits per heavy atom. The van der Waals surface area contributed by atoms with Crippen LogP contribution in [-0.2, 0) is 27.2 Å². The Hall–Kier alpha value is -2.74. The zero-order valence-electron chi connectivity index (χ0n) is 14.6. The Balaban J connectivity index is 1.93. The predicted octanol–water partition coefficient (Wildman–Crippen LogP) is 2.09. The Morgan fingerprint density at radius 1 is 1.19 bits per heavy atom. The number of carbonyl (C=O) groups excluding carboxylic acids is 2. The number of amides is 2. The minimum Gasteiger partial charge on any atom is -0.480 e. The molecule has 2 aromatic rings. The summed E-state index contributed by atoms with van der Waals surface area (Å²) in [5.41, 5.74) is 1.31. The van der Waals surface area contributed by atoms with E-state index in [1.807, 2.05) is 30.3 Å². The lowest BCUT2D eigenvalue weighted by molar-refractivity contribution is -0.141. The summed E-state index contributed by atoms with van der Waals surface area (Å²) in [6.45, 7) is 3.55. The number of rotatable bonds is 8. The fourth-order valence-corrected chi connectivity index (χ4v) is 2.87. The summed E-state index contributed by atoms with van der Waals surface area (Å²) < 4.78 is 0. The number of aromatic nitrogens is 1. The van der Waals surface area contributed by atoms with E-state index in [1.165, 1.54) is 11.3 Å². The van der Waals surface area contributed by atoms with Gasteiger partial charge in [-0.05, 0) is 5.56 Å². The molecule has 0 saturated carbocycles. The van der Waals surface area contributed by atoms with Crippen LogP contribution in [0.3, 0.4) is 0 Å². The Bertz CT molecular complexity index is 774. The quantitative estimate of drug-likeness (QED) is 0.655. The molecule has 1 atom stereocenters. The third-order valence-electron chi connectivity index (χ3n) is 3.56. The number of hydrogen-bond acceptors (Lipinski definition) is 5. The third kappa shape index (κ3) is 5.96. The van der Waals surface area contributed by atoms with Crippen molar-refractivity contribution in [1.82, 2.24) is 10.3 Å². The smallest absolute Gasteiger partial charge is 0.326 e. The van der Waals surface area contributed by atoms with Crippen LogP contribution in [0.15, 0.2) is 35.7 Å². The van der Waals surface area contributed by atoms with Crippen molar-refractivity contribution in [2.75, 3.05) is 5.32 Å². The molecule has 0 radical (unpaired) electrons. The van der Waals surface area contributed by atoms with Gasteiger partial charge in [-0.15, -0.1) is 11.3 Å². The average Bonchev–Trinajstić information content (AvgIpc) is 3.01. The molecule has 0 aliphatic rings. The maximum atomic E-state index is 12.2. The van der Waals surface area contributed by atoms with Crippen molar-refractivity contribution >= 4 is 34.3 Å². The van der Waals surface area contributed by atoms with Gasteiger partial charge in [0.1, 0.15) is 6.04 Å². The Labute approximate surface area is 155 Å². The van der Waals surface area contributed by atoms with Gasteiger partial charge in [-0.3, -0.25) is 9.59 Å². The highest BCUT2D eigenvalue weighted by Gasteiger charge is 2.21. The van der Waals surface area contributed by atoms with Crippen LogP contribution in [0.25, 0.3) is 0 Å². The van der Waals surface area contributed by atoms with Crippen LogP contribution < -0.4 is 10.6 Å². The highest BCUT2D eigenvalue weighted by atomic mass is 32.1. The van der Waals surface area contributed by atoms with E-state index in [-0.39, 0.29) is 24.7 Å². The molecule has 2 rings (SSSR count). The van der Waals surface area contributed by atoms with E-state index in [1.54, 1.807) is 19.2 Å². The number of aliphatic carboxylic acids is 1. The minimum atomic E-state index is -1.09. The third-order valence-corrected chi connectivity index (χ3v) is 4.37. The number of anilines is 1. The molecule has 2 amide bonds. The molecule has 1 heterocycles. The highest BCUT2D eigenvalue weighted by Crippen LogP contribution is 2.16. The molecule has 3 N–H and O–H groups in total. The van der Waals surface area contributed by atoms with E-state index >= 15 is 0 Å². The number of hydrogen-bond donors (Lipinski definition) is 3. The standard InChI is InChI=1S/C18H21N3O4S/c1-11(2)16(23)21-18-19-13(10-26-18)9-15(22)20-14(17(24)25)8-12-6-4-3-5-7-12/h3-7,10-11,14H,8-9H2,1-2H3,(H,20,22)(H,24,25)(H,19,21,23)/t14-/m1/s1. The van der Waals surface area contributed by atoms with Crippen LogP contribution in [0, 0.1) is 5.92 Å². The summed E-state index contributed by atoms with van der Waals surface area (Å²) in [7, 11) is 0. The van der Waals surface area contributed by atoms with Crippen molar-refractivity contribution in [3.8, 4) is 0 Å². The molecule has 0 bridgehead atoms. The molecular formula is C18H21N3O4S. The number of carboxylic acid groups (broad SMARTS) is 1. The average molecular weight is 375 g/mol. The number of nitrogens with one attached hydrogen (secondary N) is 2. The van der Waals surface area contributed by atoms with Crippen molar-refractivity contribution < 1.29 is 19.5 Å². The Kier molecular flexibility index (Phi) is 6.85. The fourth-order valence-electron chi connectivity index (χ4n) is 2.16. The normalized spacial score (nSPS) is 11.8. The van der Waals surface area contributed by atoms with E-state index in [9.17, 15) is 19.5 Å². The van der Waals surface area contributed by atoms with Gasteiger partial charge in [-0.25, -0.2) is 9.78 Å². The Morgan fingerprint density at radius 3 is 2.50 bits per heavy atom. The fraction of sp³-hybridized carbons (Fsp3) is 0.333. The molecule has 0 spiro atoms. The summed E-state index contributed by atoms with van der Waals surface area (Å²) in [5.74, 6) is -1.84. The first-order valence-corrected chi connectivity index (χ1v) is 9.04. The number of thiazole rings is 1. The first-order valence-electron chi connectivity index (χ1n) is 8.16. The molecular weight excluding hydrogens is 354 g/mol. The second-order valence-electron chi connectivity index (χ2n) is 6.11. The molecule has 1 aromatic heterocycles. The minimum absolute atomic E-state index is 0.0490. The van der Waals surface area contributed by atoms with E-state index < -0.39 is 17.9 Å². The zero-order valence-corrected chi connectivity index (χ0v) is 15.4. The molecule has 0 unspecified atom stereocenters. The predicted molar refractivity (Wildman–Crippen MR) is 99.0 cm³/mol. The van der Waals surface area contributed by atoms with Gasteiger partial charge >= 0.3 is 5.97 Å². The van der Waals surface area contributed by atoms with Crippen molar-refractivity contribution in [3.05, 3.63) is 47.0 Å². The lowest BCUT2D eigenvalue weighted by Gasteiger charge is -2.14. The summed E-state index contributed by atoms with van der Waals surface area (Å²) in [6, 6.07) is 8.09. The topological polar surface area (TPSA) is 108 Å². The van der Waals surface area contributed by atoms with Gasteiger partial charge in [-0.1, -0.05) is 44.2 Å². The molecule has 26 heavy (non-hydrogen) atoms. The van der Waals surface area contributed by atoms with Crippen LogP contribution in [0.5, 0.6) is 0 Å². The van der Waals surface area contributed by atoms with Gasteiger partial charge in [0.15, 0.2) is 5.13 Å². The second-order valence-corrected chi connectivity index (χ2v) is 6.97. The lowest BCUT2D eigenvalue weighted by atomic mass is 10.1. The molecule has 0 fully saturated rings. The SMILES string of the molecule is CC(C)C(=O)Nc1nc(CC(=O)N[C@H](Cc2ccccc2)C(=O)O)cs1. The van der Waals surface area contributed by atoms with Crippen LogP contribution in [-0.4, -0.2) is 33.9 Å². The van der Waals surface area contributed by atoms with Gasteiger partial charge in [0.05, 0.1) is 12.1 Å². The second kappa shape index (κ2) is 9.10. The van der Waals surface area contributed by atoms with E-state index in [2.05, 4.69) is 15.6 Å². The highest BCUT2D eigenvalue weighted by molar-refractivity contribution is 7.13. The summed E-state index contributed by atoms with van der Waals surface area (Å²) >= 11 is 1.23. The van der Waals surface area contributed by atoms with E-state index in [4.69, 9.17) is 0 Å². The van der Waals surface area contributed by atoms with Crippen molar-refractivity contribution in [2.45, 2.75) is 32.7 Å². The van der Waals surface area contributed by atoms with Gasteiger partial charge in [-0.2, -0.15) is 0 Å². The number of carbonyl (C=O) groups is 3. The van der Waals surface area contributed by atoms with Crippen LogP contribution in [0.4, 0.5) is 5.13 Å². The van der Waals surface area contributed by atoms with E-state index in [0.717, 1.165) is 5.56 Å². The number of carboxylic acids is 1. The first kappa shape index (κ1) is 19.6. The van der Waals surface area contributed by atoms with Crippen LogP contribution >= 0.6 is 11.3 Å². The van der Waals surface area contributed by atoms with Gasteiger partial charge in [0, 0.05) is 17.7 Å². The molecule has 1 aromatic carbocycles. The van der Waals surface area contributed by atoms with Crippen LogP contribution in [0.2, 0.25) is 0 Å². The summed E-state index contributed by atoms with van der Waals surface area (Å²) in [4.78, 5) is 39.4. The number of nitrogens with zero attached hydrogens (tertiary/aromatic N) is 1. The maximum absolute atomic E-state index is 12.2. The number of benzene rings is 1. The van der Waals surface area contributed by atoms with Gasteiger partial charge in [0.25, 0.3) is 0 Å².